The van der Waals surface area contributed by atoms with E-state index in [0.717, 1.165) is 32.5 Å². The number of nitriles is 1. The smallest absolute Gasteiger partial charge is 0.0965 e. The van der Waals surface area contributed by atoms with Gasteiger partial charge in [0.2, 0.25) is 0 Å². The molecule has 0 rings (SSSR count). The average Bonchev–Trinajstić information content (AvgIpc) is 2.23. The zero-order valence-electron chi connectivity index (χ0n) is 10.6. The van der Waals surface area contributed by atoms with Crippen molar-refractivity contribution in [1.82, 2.24) is 10.2 Å². The second kappa shape index (κ2) is 8.70. The van der Waals surface area contributed by atoms with Gasteiger partial charge in [0.15, 0.2) is 0 Å². The van der Waals surface area contributed by atoms with Gasteiger partial charge in [0.1, 0.15) is 0 Å². The number of rotatable bonds is 8. The fourth-order valence-corrected chi connectivity index (χ4v) is 1.61. The van der Waals surface area contributed by atoms with E-state index < -0.39 is 0 Å². The van der Waals surface area contributed by atoms with Gasteiger partial charge in [-0.3, -0.25) is 0 Å². The normalized spacial score (nSPS) is 13.1. The molecular weight excluding hydrogens is 186 g/mol. The molecule has 0 saturated heterocycles. The van der Waals surface area contributed by atoms with Gasteiger partial charge < -0.3 is 10.2 Å². The minimum atomic E-state index is 0.0118. The molecule has 0 aliphatic heterocycles. The lowest BCUT2D eigenvalue weighted by molar-refractivity contribution is 0.225. The molecule has 15 heavy (non-hydrogen) atoms. The van der Waals surface area contributed by atoms with E-state index >= 15 is 0 Å². The molecule has 0 spiro atoms. The van der Waals surface area contributed by atoms with Crippen LogP contribution in [-0.2, 0) is 0 Å². The third-order valence-corrected chi connectivity index (χ3v) is 2.64. The lowest BCUT2D eigenvalue weighted by Gasteiger charge is -2.25. The second-order valence-electron chi connectivity index (χ2n) is 4.15. The molecule has 0 aromatic rings. The van der Waals surface area contributed by atoms with Crippen molar-refractivity contribution in [3.05, 3.63) is 0 Å². The Balaban J connectivity index is 3.83. The van der Waals surface area contributed by atoms with E-state index in [0.29, 0.717) is 6.04 Å². The molecule has 1 N–H and O–H groups in total. The maximum absolute atomic E-state index is 8.95. The molecule has 0 saturated carbocycles. The lowest BCUT2D eigenvalue weighted by Crippen LogP contribution is -2.36. The summed E-state index contributed by atoms with van der Waals surface area (Å²) < 4.78 is 0. The first kappa shape index (κ1) is 14.4. The van der Waals surface area contributed by atoms with E-state index in [4.69, 9.17) is 5.26 Å². The summed E-state index contributed by atoms with van der Waals surface area (Å²) in [4.78, 5) is 2.39. The first-order valence-corrected chi connectivity index (χ1v) is 6.02. The summed E-state index contributed by atoms with van der Waals surface area (Å²) in [7, 11) is 0. The number of hydrogen-bond donors (Lipinski definition) is 1. The number of nitrogens with one attached hydrogen (secondary N) is 1. The van der Waals surface area contributed by atoms with E-state index in [-0.39, 0.29) is 6.04 Å². The summed E-state index contributed by atoms with van der Waals surface area (Å²) in [5, 5.41) is 12.2. The van der Waals surface area contributed by atoms with Crippen LogP contribution in [0.1, 0.15) is 40.5 Å². The van der Waals surface area contributed by atoms with Crippen LogP contribution in [0.15, 0.2) is 0 Å². The van der Waals surface area contributed by atoms with Crippen LogP contribution < -0.4 is 5.32 Å². The zero-order valence-corrected chi connectivity index (χ0v) is 10.6. The minimum Gasteiger partial charge on any atom is -0.302 e. The van der Waals surface area contributed by atoms with Crippen molar-refractivity contribution in [2.45, 2.75) is 52.6 Å². The average molecular weight is 211 g/mol. The lowest BCUT2D eigenvalue weighted by atomic mass is 10.2. The molecule has 0 aromatic heterocycles. The van der Waals surface area contributed by atoms with Gasteiger partial charge >= 0.3 is 0 Å². The number of hydrogen-bond acceptors (Lipinski definition) is 3. The van der Waals surface area contributed by atoms with E-state index in [1.807, 2.05) is 0 Å². The molecule has 3 heteroatoms. The van der Waals surface area contributed by atoms with Gasteiger partial charge in [-0.05, 0) is 39.8 Å². The number of nitrogens with zero attached hydrogens (tertiary/aromatic N) is 2. The van der Waals surface area contributed by atoms with Crippen molar-refractivity contribution in [3.63, 3.8) is 0 Å². The maximum Gasteiger partial charge on any atom is 0.0965 e. The summed E-state index contributed by atoms with van der Waals surface area (Å²) >= 11 is 0. The highest BCUT2D eigenvalue weighted by atomic mass is 15.1. The van der Waals surface area contributed by atoms with Crippen molar-refractivity contribution in [3.8, 4) is 6.07 Å². The molecule has 88 valence electrons. The largest absolute Gasteiger partial charge is 0.302 e. The third kappa shape index (κ3) is 6.48. The fourth-order valence-electron chi connectivity index (χ4n) is 1.61. The molecule has 3 nitrogen and oxygen atoms in total. The molecule has 1 unspecified atom stereocenters. The van der Waals surface area contributed by atoms with Crippen LogP contribution in [-0.4, -0.2) is 36.6 Å². The van der Waals surface area contributed by atoms with Crippen molar-refractivity contribution < 1.29 is 0 Å². The van der Waals surface area contributed by atoms with Gasteiger partial charge in [0.05, 0.1) is 12.1 Å². The van der Waals surface area contributed by atoms with E-state index in [1.54, 1.807) is 0 Å². The Kier molecular flexibility index (Phi) is 8.35. The Labute approximate surface area is 94.5 Å². The highest BCUT2D eigenvalue weighted by molar-refractivity contribution is 4.90. The molecule has 0 fully saturated rings. The molecule has 0 heterocycles. The second-order valence-corrected chi connectivity index (χ2v) is 4.15. The van der Waals surface area contributed by atoms with E-state index in [2.05, 4.69) is 44.0 Å². The Morgan fingerprint density at radius 1 is 1.33 bits per heavy atom. The van der Waals surface area contributed by atoms with Gasteiger partial charge in [-0.15, -0.1) is 0 Å². The topological polar surface area (TPSA) is 39.1 Å². The quantitative estimate of drug-likeness (QED) is 0.667. The van der Waals surface area contributed by atoms with Gasteiger partial charge in [0, 0.05) is 12.6 Å². The van der Waals surface area contributed by atoms with Crippen molar-refractivity contribution >= 4 is 0 Å². The Morgan fingerprint density at radius 2 is 2.00 bits per heavy atom. The van der Waals surface area contributed by atoms with Crippen LogP contribution in [0, 0.1) is 11.3 Å². The molecule has 1 atom stereocenters. The van der Waals surface area contributed by atoms with Crippen LogP contribution >= 0.6 is 0 Å². The molecule has 0 aliphatic carbocycles. The third-order valence-electron chi connectivity index (χ3n) is 2.64. The summed E-state index contributed by atoms with van der Waals surface area (Å²) in [6, 6.07) is 2.90. The van der Waals surface area contributed by atoms with Crippen LogP contribution in [0.2, 0.25) is 0 Å². The molecule has 0 radical (unpaired) electrons. The first-order chi connectivity index (χ1) is 7.15. The highest BCUT2D eigenvalue weighted by Crippen LogP contribution is 2.01. The van der Waals surface area contributed by atoms with Crippen LogP contribution in [0.3, 0.4) is 0 Å². The SMILES string of the molecule is CCCNC(C#N)CCN(CC)C(C)C. The van der Waals surface area contributed by atoms with Gasteiger partial charge in [-0.2, -0.15) is 5.26 Å². The molecule has 0 bridgehead atoms. The first-order valence-electron chi connectivity index (χ1n) is 6.02. The van der Waals surface area contributed by atoms with Gasteiger partial charge in [-0.25, -0.2) is 0 Å². The Morgan fingerprint density at radius 3 is 2.40 bits per heavy atom. The minimum absolute atomic E-state index is 0.0118. The van der Waals surface area contributed by atoms with Crippen LogP contribution in [0.25, 0.3) is 0 Å². The standard InChI is InChI=1S/C12H25N3/c1-5-8-14-12(10-13)7-9-15(6-2)11(3)4/h11-12,14H,5-9H2,1-4H3. The Hall–Kier alpha value is -0.590. The Bertz CT molecular complexity index is 184. The molecular formula is C12H25N3. The predicted octanol–water partition coefficient (Wildman–Crippen LogP) is 2.00. The molecule has 0 aliphatic rings. The summed E-state index contributed by atoms with van der Waals surface area (Å²) in [5.74, 6) is 0. The van der Waals surface area contributed by atoms with Crippen LogP contribution in [0.5, 0.6) is 0 Å². The van der Waals surface area contributed by atoms with Crippen molar-refractivity contribution in [2.24, 2.45) is 0 Å². The summed E-state index contributed by atoms with van der Waals surface area (Å²) in [6.45, 7) is 11.7. The zero-order chi connectivity index (χ0) is 11.7. The molecule has 0 aromatic carbocycles. The summed E-state index contributed by atoms with van der Waals surface area (Å²) in [6.07, 6.45) is 2.00. The monoisotopic (exact) mass is 211 g/mol. The van der Waals surface area contributed by atoms with Gasteiger partial charge in [0.25, 0.3) is 0 Å². The van der Waals surface area contributed by atoms with E-state index in [9.17, 15) is 0 Å². The summed E-state index contributed by atoms with van der Waals surface area (Å²) in [5.41, 5.74) is 0. The molecule has 0 amide bonds. The predicted molar refractivity (Wildman–Crippen MR) is 64.7 cm³/mol. The highest BCUT2D eigenvalue weighted by Gasteiger charge is 2.11. The van der Waals surface area contributed by atoms with Crippen molar-refractivity contribution in [1.29, 1.82) is 5.26 Å². The van der Waals surface area contributed by atoms with Crippen molar-refractivity contribution in [2.75, 3.05) is 19.6 Å². The van der Waals surface area contributed by atoms with E-state index in [1.165, 1.54) is 0 Å². The van der Waals surface area contributed by atoms with Gasteiger partial charge in [-0.1, -0.05) is 13.8 Å². The fraction of sp³-hybridized carbons (Fsp3) is 0.917. The van der Waals surface area contributed by atoms with Crippen LogP contribution in [0.4, 0.5) is 0 Å². The maximum atomic E-state index is 8.95.